The van der Waals surface area contributed by atoms with Crippen molar-refractivity contribution in [3.63, 3.8) is 0 Å². The summed E-state index contributed by atoms with van der Waals surface area (Å²) in [6, 6.07) is 17.0. The van der Waals surface area contributed by atoms with Gasteiger partial charge in [-0.25, -0.2) is 4.68 Å². The van der Waals surface area contributed by atoms with Crippen LogP contribution in [0.5, 0.6) is 0 Å². The molecule has 0 radical (unpaired) electrons. The highest BCUT2D eigenvalue weighted by Gasteiger charge is 2.11. The van der Waals surface area contributed by atoms with Gasteiger partial charge in [-0.3, -0.25) is 9.88 Å². The highest BCUT2D eigenvalue weighted by atomic mass is 15.3. The van der Waals surface area contributed by atoms with Crippen LogP contribution in [0.1, 0.15) is 18.2 Å². The van der Waals surface area contributed by atoms with Crippen LogP contribution in [-0.2, 0) is 13.0 Å². The number of nitrogens with zero attached hydrogens (tertiary/aromatic N) is 4. The SMILES string of the molecule is C[C@H](Cc1ccccn1)N(C)Cc1cccc(-n2cccn2)c1. The molecule has 0 spiro atoms. The molecular formula is C19H22N4. The van der Waals surface area contributed by atoms with Crippen LogP contribution in [0.3, 0.4) is 0 Å². The predicted molar refractivity (Wildman–Crippen MR) is 92.4 cm³/mol. The molecule has 0 aliphatic rings. The van der Waals surface area contributed by atoms with Crippen molar-refractivity contribution in [1.82, 2.24) is 19.7 Å². The van der Waals surface area contributed by atoms with Gasteiger partial charge >= 0.3 is 0 Å². The van der Waals surface area contributed by atoms with Gasteiger partial charge in [-0.05, 0) is 49.9 Å². The van der Waals surface area contributed by atoms with Crippen LogP contribution in [0.15, 0.2) is 67.1 Å². The standard InChI is InChI=1S/C19H22N4/c1-16(13-18-8-3-4-10-20-18)22(2)15-17-7-5-9-19(14-17)23-12-6-11-21-23/h3-12,14,16H,13,15H2,1-2H3/t16-/m1/s1. The molecule has 2 heterocycles. The van der Waals surface area contributed by atoms with E-state index in [1.165, 1.54) is 5.56 Å². The molecule has 118 valence electrons. The van der Waals surface area contributed by atoms with Crippen LogP contribution in [0, 0.1) is 0 Å². The van der Waals surface area contributed by atoms with Crippen molar-refractivity contribution in [2.24, 2.45) is 0 Å². The maximum absolute atomic E-state index is 4.42. The smallest absolute Gasteiger partial charge is 0.0648 e. The van der Waals surface area contributed by atoms with Crippen LogP contribution >= 0.6 is 0 Å². The highest BCUT2D eigenvalue weighted by Crippen LogP contribution is 2.13. The molecule has 0 bridgehead atoms. The number of pyridine rings is 1. The third-order valence-corrected chi connectivity index (χ3v) is 4.09. The van der Waals surface area contributed by atoms with Crippen molar-refractivity contribution in [3.05, 3.63) is 78.4 Å². The third-order valence-electron chi connectivity index (χ3n) is 4.09. The van der Waals surface area contributed by atoms with Crippen LogP contribution in [0.25, 0.3) is 5.69 Å². The van der Waals surface area contributed by atoms with E-state index < -0.39 is 0 Å². The Hall–Kier alpha value is -2.46. The first-order valence-electron chi connectivity index (χ1n) is 7.91. The van der Waals surface area contributed by atoms with E-state index in [1.54, 1.807) is 6.20 Å². The molecule has 0 fully saturated rings. The summed E-state index contributed by atoms with van der Waals surface area (Å²) >= 11 is 0. The summed E-state index contributed by atoms with van der Waals surface area (Å²) in [5.74, 6) is 0. The van der Waals surface area contributed by atoms with Gasteiger partial charge in [-0.1, -0.05) is 18.2 Å². The Morgan fingerprint density at radius 3 is 2.74 bits per heavy atom. The summed E-state index contributed by atoms with van der Waals surface area (Å²) in [6.07, 6.45) is 6.58. The third kappa shape index (κ3) is 4.05. The normalized spacial score (nSPS) is 12.5. The van der Waals surface area contributed by atoms with Crippen molar-refractivity contribution < 1.29 is 0 Å². The van der Waals surface area contributed by atoms with E-state index in [0.29, 0.717) is 6.04 Å². The quantitative estimate of drug-likeness (QED) is 0.700. The van der Waals surface area contributed by atoms with E-state index in [-0.39, 0.29) is 0 Å². The number of benzene rings is 1. The minimum absolute atomic E-state index is 0.429. The van der Waals surface area contributed by atoms with Crippen LogP contribution < -0.4 is 0 Å². The summed E-state index contributed by atoms with van der Waals surface area (Å²) in [4.78, 5) is 6.78. The minimum atomic E-state index is 0.429. The second-order valence-corrected chi connectivity index (χ2v) is 5.91. The Morgan fingerprint density at radius 1 is 1.09 bits per heavy atom. The fraction of sp³-hybridized carbons (Fsp3) is 0.263. The van der Waals surface area contributed by atoms with Gasteiger partial charge < -0.3 is 0 Å². The summed E-state index contributed by atoms with van der Waals surface area (Å²) in [6.45, 7) is 3.15. The second-order valence-electron chi connectivity index (χ2n) is 5.91. The Bertz CT molecular complexity index is 722. The Kier molecular flexibility index (Phi) is 4.83. The molecule has 4 heteroatoms. The van der Waals surface area contributed by atoms with E-state index >= 15 is 0 Å². The largest absolute Gasteiger partial charge is 0.299 e. The van der Waals surface area contributed by atoms with Gasteiger partial charge in [-0.15, -0.1) is 0 Å². The maximum Gasteiger partial charge on any atom is 0.0648 e. The molecule has 1 aromatic carbocycles. The van der Waals surface area contributed by atoms with Crippen molar-refractivity contribution in [2.45, 2.75) is 25.9 Å². The molecule has 0 amide bonds. The Morgan fingerprint density at radius 2 is 2.00 bits per heavy atom. The molecular weight excluding hydrogens is 284 g/mol. The lowest BCUT2D eigenvalue weighted by Gasteiger charge is -2.24. The lowest BCUT2D eigenvalue weighted by Crippen LogP contribution is -2.30. The number of hydrogen-bond donors (Lipinski definition) is 0. The molecule has 3 aromatic rings. The van der Waals surface area contributed by atoms with Crippen molar-refractivity contribution in [2.75, 3.05) is 7.05 Å². The number of hydrogen-bond acceptors (Lipinski definition) is 3. The number of aromatic nitrogens is 3. The van der Waals surface area contributed by atoms with Gasteiger partial charge in [-0.2, -0.15) is 5.10 Å². The summed E-state index contributed by atoms with van der Waals surface area (Å²) in [5, 5.41) is 4.29. The van der Waals surface area contributed by atoms with Gasteiger partial charge in [0.2, 0.25) is 0 Å². The zero-order valence-corrected chi connectivity index (χ0v) is 13.6. The number of likely N-dealkylation sites (N-methyl/N-ethyl adjacent to an activating group) is 1. The Labute approximate surface area is 137 Å². The zero-order valence-electron chi connectivity index (χ0n) is 13.6. The topological polar surface area (TPSA) is 34.0 Å². The van der Waals surface area contributed by atoms with Crippen LogP contribution in [0.4, 0.5) is 0 Å². The summed E-state index contributed by atoms with van der Waals surface area (Å²) < 4.78 is 1.89. The molecule has 1 atom stereocenters. The summed E-state index contributed by atoms with van der Waals surface area (Å²) in [7, 11) is 2.16. The fourth-order valence-electron chi connectivity index (χ4n) is 2.64. The van der Waals surface area contributed by atoms with E-state index in [2.05, 4.69) is 59.3 Å². The van der Waals surface area contributed by atoms with Gasteiger partial charge in [0, 0.05) is 43.3 Å². The van der Waals surface area contributed by atoms with Crippen molar-refractivity contribution in [3.8, 4) is 5.69 Å². The van der Waals surface area contributed by atoms with Crippen molar-refractivity contribution in [1.29, 1.82) is 0 Å². The molecule has 23 heavy (non-hydrogen) atoms. The average Bonchev–Trinajstić information content (AvgIpc) is 3.10. The fourth-order valence-corrected chi connectivity index (χ4v) is 2.64. The van der Waals surface area contributed by atoms with Crippen LogP contribution in [0.2, 0.25) is 0 Å². The lowest BCUT2D eigenvalue weighted by atomic mass is 10.1. The van der Waals surface area contributed by atoms with Gasteiger partial charge in [0.25, 0.3) is 0 Å². The van der Waals surface area contributed by atoms with E-state index in [4.69, 9.17) is 0 Å². The molecule has 2 aromatic heterocycles. The molecule has 0 aliphatic heterocycles. The first kappa shape index (κ1) is 15.4. The first-order valence-corrected chi connectivity index (χ1v) is 7.91. The van der Waals surface area contributed by atoms with E-state index in [1.807, 2.05) is 35.3 Å². The monoisotopic (exact) mass is 306 g/mol. The molecule has 0 unspecified atom stereocenters. The van der Waals surface area contributed by atoms with Gasteiger partial charge in [0.15, 0.2) is 0 Å². The zero-order chi connectivity index (χ0) is 16.1. The Balaban J connectivity index is 1.65. The second kappa shape index (κ2) is 7.20. The molecule has 0 saturated heterocycles. The van der Waals surface area contributed by atoms with Gasteiger partial charge in [0.05, 0.1) is 5.69 Å². The van der Waals surface area contributed by atoms with E-state index in [9.17, 15) is 0 Å². The minimum Gasteiger partial charge on any atom is -0.299 e. The highest BCUT2D eigenvalue weighted by molar-refractivity contribution is 5.35. The van der Waals surface area contributed by atoms with Gasteiger partial charge in [0.1, 0.15) is 0 Å². The maximum atomic E-state index is 4.42. The number of rotatable bonds is 6. The lowest BCUT2D eigenvalue weighted by molar-refractivity contribution is 0.247. The molecule has 3 rings (SSSR count). The van der Waals surface area contributed by atoms with Crippen molar-refractivity contribution >= 4 is 0 Å². The van der Waals surface area contributed by atoms with Crippen LogP contribution in [-0.4, -0.2) is 32.8 Å². The molecule has 0 saturated carbocycles. The molecule has 0 N–H and O–H groups in total. The van der Waals surface area contributed by atoms with E-state index in [0.717, 1.165) is 24.3 Å². The summed E-state index contributed by atoms with van der Waals surface area (Å²) in [5.41, 5.74) is 3.52. The molecule has 4 nitrogen and oxygen atoms in total. The first-order chi connectivity index (χ1) is 11.2. The average molecular weight is 306 g/mol. The predicted octanol–water partition coefficient (Wildman–Crippen LogP) is 3.33. The molecule has 0 aliphatic carbocycles.